The monoisotopic (exact) mass is 467 g/mol. The number of carbonyl (C=O) groups is 2. The molecule has 0 fully saturated rings. The van der Waals surface area contributed by atoms with E-state index in [1.54, 1.807) is 45.0 Å². The number of ether oxygens (including phenoxy) is 3. The minimum atomic E-state index is -0.712. The Morgan fingerprint density at radius 2 is 1.68 bits per heavy atom. The first-order valence-corrected chi connectivity index (χ1v) is 10.5. The predicted molar refractivity (Wildman–Crippen MR) is 124 cm³/mol. The number of rotatable bonds is 9. The summed E-state index contributed by atoms with van der Waals surface area (Å²) in [5, 5.41) is 2.94. The highest BCUT2D eigenvalue weighted by atomic mass is 19.1. The van der Waals surface area contributed by atoms with E-state index in [2.05, 4.69) is 15.3 Å². The van der Waals surface area contributed by atoms with Crippen molar-refractivity contribution in [3.63, 3.8) is 0 Å². The van der Waals surface area contributed by atoms with E-state index in [4.69, 9.17) is 14.2 Å². The Labute approximate surface area is 197 Å². The molecule has 2 aromatic carbocycles. The summed E-state index contributed by atoms with van der Waals surface area (Å²) in [4.78, 5) is 32.8. The van der Waals surface area contributed by atoms with Gasteiger partial charge >= 0.3 is 5.97 Å². The lowest BCUT2D eigenvalue weighted by atomic mass is 10.2. The van der Waals surface area contributed by atoms with Crippen molar-refractivity contribution in [1.29, 1.82) is 0 Å². The van der Waals surface area contributed by atoms with Gasteiger partial charge in [-0.15, -0.1) is 0 Å². The quantitative estimate of drug-likeness (QED) is 0.358. The van der Waals surface area contributed by atoms with Gasteiger partial charge in [0.1, 0.15) is 41.1 Å². The van der Waals surface area contributed by atoms with E-state index in [0.29, 0.717) is 23.3 Å². The maximum absolute atomic E-state index is 13.1. The second-order valence-corrected chi connectivity index (χ2v) is 8.39. The smallest absolute Gasteiger partial charge is 0.357 e. The van der Waals surface area contributed by atoms with Crippen molar-refractivity contribution in [2.45, 2.75) is 32.4 Å². The molecule has 0 aliphatic heterocycles. The standard InChI is InChI=1S/C25H26FN3O5/c1-25(2,3)34-24(31)21-13-22(27-18(14-30)15-32-4)29-23(28-21)16-5-9-19(10-6-16)33-20-11-7-17(26)8-12-20/h5-14,18H,15H2,1-4H3,(H,27,28,29)/t18-/m1/s1. The second-order valence-electron chi connectivity index (χ2n) is 8.39. The molecular weight excluding hydrogens is 441 g/mol. The Hall–Kier alpha value is -3.85. The van der Waals surface area contributed by atoms with Crippen molar-refractivity contribution in [3.05, 3.63) is 66.1 Å². The van der Waals surface area contributed by atoms with Gasteiger partial charge in [-0.2, -0.15) is 0 Å². The van der Waals surface area contributed by atoms with Crippen molar-refractivity contribution < 1.29 is 28.2 Å². The lowest BCUT2D eigenvalue weighted by Gasteiger charge is -2.20. The number of nitrogens with zero attached hydrogens (tertiary/aromatic N) is 2. The van der Waals surface area contributed by atoms with Gasteiger partial charge in [-0.05, 0) is 69.3 Å². The molecule has 0 saturated carbocycles. The van der Waals surface area contributed by atoms with Crippen LogP contribution in [0.25, 0.3) is 11.4 Å². The van der Waals surface area contributed by atoms with E-state index in [9.17, 15) is 14.0 Å². The molecule has 9 heteroatoms. The second kappa shape index (κ2) is 10.8. The van der Waals surface area contributed by atoms with Crippen molar-refractivity contribution in [3.8, 4) is 22.9 Å². The van der Waals surface area contributed by atoms with E-state index in [1.807, 2.05) is 0 Å². The Bertz CT molecular complexity index is 1130. The number of aldehydes is 1. The van der Waals surface area contributed by atoms with E-state index in [-0.39, 0.29) is 29.8 Å². The number of methoxy groups -OCH3 is 1. The fourth-order valence-corrected chi connectivity index (χ4v) is 2.88. The zero-order chi connectivity index (χ0) is 24.7. The lowest BCUT2D eigenvalue weighted by Crippen LogP contribution is -2.28. The first-order valence-electron chi connectivity index (χ1n) is 10.5. The molecule has 1 N–H and O–H groups in total. The van der Waals surface area contributed by atoms with Crippen LogP contribution in [0, 0.1) is 5.82 Å². The number of nitrogens with one attached hydrogen (secondary N) is 1. The Morgan fingerprint density at radius 1 is 1.06 bits per heavy atom. The van der Waals surface area contributed by atoms with Crippen LogP contribution in [0.1, 0.15) is 31.3 Å². The fraction of sp³-hybridized carbons (Fsp3) is 0.280. The highest BCUT2D eigenvalue weighted by molar-refractivity contribution is 5.89. The molecular formula is C25H26FN3O5. The molecule has 0 amide bonds. The van der Waals surface area contributed by atoms with Crippen molar-refractivity contribution in [2.24, 2.45) is 0 Å². The summed E-state index contributed by atoms with van der Waals surface area (Å²) >= 11 is 0. The molecule has 0 saturated heterocycles. The molecule has 0 spiro atoms. The molecule has 3 aromatic rings. The van der Waals surface area contributed by atoms with Crippen LogP contribution >= 0.6 is 0 Å². The molecule has 34 heavy (non-hydrogen) atoms. The summed E-state index contributed by atoms with van der Waals surface area (Å²) < 4.78 is 29.3. The zero-order valence-corrected chi connectivity index (χ0v) is 19.4. The SMILES string of the molecule is COC[C@@H](C=O)Nc1cc(C(=O)OC(C)(C)C)nc(-c2ccc(Oc3ccc(F)cc3)cc2)n1. The van der Waals surface area contributed by atoms with Crippen LogP contribution in [0.5, 0.6) is 11.5 Å². The molecule has 3 rings (SSSR count). The van der Waals surface area contributed by atoms with Gasteiger partial charge < -0.3 is 24.3 Å². The number of anilines is 1. The number of halogens is 1. The summed E-state index contributed by atoms with van der Waals surface area (Å²) in [6.07, 6.45) is 0.694. The highest BCUT2D eigenvalue weighted by Gasteiger charge is 2.21. The first kappa shape index (κ1) is 24.8. The van der Waals surface area contributed by atoms with Gasteiger partial charge in [0.05, 0.1) is 6.61 Å². The Balaban J connectivity index is 1.90. The first-order chi connectivity index (χ1) is 16.2. The fourth-order valence-electron chi connectivity index (χ4n) is 2.88. The average molecular weight is 467 g/mol. The van der Waals surface area contributed by atoms with Gasteiger partial charge in [-0.1, -0.05) is 0 Å². The highest BCUT2D eigenvalue weighted by Crippen LogP contribution is 2.26. The van der Waals surface area contributed by atoms with E-state index in [0.717, 1.165) is 0 Å². The third-order valence-corrected chi connectivity index (χ3v) is 4.34. The molecule has 8 nitrogen and oxygen atoms in total. The number of hydrogen-bond acceptors (Lipinski definition) is 8. The normalized spacial score (nSPS) is 12.0. The van der Waals surface area contributed by atoms with Crippen LogP contribution in [-0.4, -0.2) is 47.6 Å². The van der Waals surface area contributed by atoms with Crippen LogP contribution in [-0.2, 0) is 14.3 Å². The number of carbonyl (C=O) groups excluding carboxylic acids is 2. The molecule has 0 bridgehead atoms. The number of aromatic nitrogens is 2. The lowest BCUT2D eigenvalue weighted by molar-refractivity contribution is -0.109. The van der Waals surface area contributed by atoms with Gasteiger partial charge in [-0.25, -0.2) is 19.2 Å². The van der Waals surface area contributed by atoms with Gasteiger partial charge in [-0.3, -0.25) is 0 Å². The number of hydrogen-bond donors (Lipinski definition) is 1. The maximum Gasteiger partial charge on any atom is 0.357 e. The molecule has 1 heterocycles. The van der Waals surface area contributed by atoms with Crippen LogP contribution in [0.15, 0.2) is 54.6 Å². The molecule has 178 valence electrons. The summed E-state index contributed by atoms with van der Waals surface area (Å²) in [5.74, 6) is 0.564. The summed E-state index contributed by atoms with van der Waals surface area (Å²) in [6.45, 7) is 5.40. The topological polar surface area (TPSA) is 99.6 Å². The van der Waals surface area contributed by atoms with Crippen LogP contribution < -0.4 is 10.1 Å². The Kier molecular flexibility index (Phi) is 7.91. The zero-order valence-electron chi connectivity index (χ0n) is 19.4. The van der Waals surface area contributed by atoms with E-state index in [1.165, 1.54) is 37.4 Å². The molecule has 0 unspecified atom stereocenters. The summed E-state index contributed by atoms with van der Waals surface area (Å²) in [7, 11) is 1.48. The van der Waals surface area contributed by atoms with E-state index >= 15 is 0 Å². The number of benzene rings is 2. The molecule has 0 aliphatic carbocycles. The summed E-state index contributed by atoms with van der Waals surface area (Å²) in [6, 6.07) is 13.3. The number of esters is 1. The third kappa shape index (κ3) is 7.08. The van der Waals surface area contributed by atoms with Crippen LogP contribution in [0.2, 0.25) is 0 Å². The maximum atomic E-state index is 13.1. The van der Waals surface area contributed by atoms with Gasteiger partial charge in [0.15, 0.2) is 11.5 Å². The third-order valence-electron chi connectivity index (χ3n) is 4.34. The van der Waals surface area contributed by atoms with Crippen molar-refractivity contribution >= 4 is 18.1 Å². The minimum Gasteiger partial charge on any atom is -0.457 e. The molecule has 0 aliphatic rings. The molecule has 0 radical (unpaired) electrons. The predicted octanol–water partition coefficient (Wildman–Crippen LogP) is 4.66. The van der Waals surface area contributed by atoms with E-state index < -0.39 is 17.6 Å². The minimum absolute atomic E-state index is 0.0381. The van der Waals surface area contributed by atoms with Crippen LogP contribution in [0.4, 0.5) is 10.2 Å². The van der Waals surface area contributed by atoms with Crippen molar-refractivity contribution in [1.82, 2.24) is 9.97 Å². The molecule has 1 aromatic heterocycles. The average Bonchev–Trinajstić information content (AvgIpc) is 2.79. The molecule has 1 atom stereocenters. The van der Waals surface area contributed by atoms with Gasteiger partial charge in [0.25, 0.3) is 0 Å². The van der Waals surface area contributed by atoms with Gasteiger partial charge in [0.2, 0.25) is 0 Å². The largest absolute Gasteiger partial charge is 0.457 e. The Morgan fingerprint density at radius 3 is 2.24 bits per heavy atom. The van der Waals surface area contributed by atoms with Crippen molar-refractivity contribution in [2.75, 3.05) is 19.0 Å². The van der Waals surface area contributed by atoms with Gasteiger partial charge in [0, 0.05) is 18.7 Å². The summed E-state index contributed by atoms with van der Waals surface area (Å²) in [5.41, 5.74) is -0.0679. The van der Waals surface area contributed by atoms with Crippen LogP contribution in [0.3, 0.4) is 0 Å².